The van der Waals surface area contributed by atoms with Crippen LogP contribution >= 0.6 is 0 Å². The molecule has 0 bridgehead atoms. The molecule has 0 radical (unpaired) electrons. The van der Waals surface area contributed by atoms with Crippen molar-refractivity contribution < 1.29 is 0 Å². The Balaban J connectivity index is 1.29. The van der Waals surface area contributed by atoms with E-state index in [0.717, 1.165) is 0 Å². The van der Waals surface area contributed by atoms with Gasteiger partial charge in [0, 0.05) is 5.41 Å². The molecule has 0 nitrogen and oxygen atoms in total. The Morgan fingerprint density at radius 1 is 0.306 bits per heavy atom. The maximum Gasteiger partial charge on any atom is 0.0159 e. The smallest absolute Gasteiger partial charge is 0.0159 e. The van der Waals surface area contributed by atoms with Gasteiger partial charge in [-0.05, 0) is 115 Å². The van der Waals surface area contributed by atoms with Gasteiger partial charge in [-0.3, -0.25) is 0 Å². The second kappa shape index (κ2) is 9.56. The molecule has 0 saturated carbocycles. The maximum absolute atomic E-state index is 2.53. The molecular formula is C49H32. The molecule has 0 N–H and O–H groups in total. The van der Waals surface area contributed by atoms with Crippen LogP contribution in [0, 0.1) is 0 Å². The number of fused-ring (bicyclic) bond motifs is 7. The predicted molar refractivity (Wildman–Crippen MR) is 211 cm³/mol. The van der Waals surface area contributed by atoms with Crippen LogP contribution < -0.4 is 0 Å². The van der Waals surface area contributed by atoms with Crippen LogP contribution in [0.25, 0.3) is 98.0 Å². The zero-order valence-electron chi connectivity index (χ0n) is 27.5. The highest BCUT2D eigenvalue weighted by molar-refractivity contribution is 6.30. The van der Waals surface area contributed by atoms with Crippen LogP contribution in [-0.2, 0) is 5.41 Å². The van der Waals surface area contributed by atoms with E-state index in [4.69, 9.17) is 0 Å². The fourth-order valence-electron chi connectivity index (χ4n) is 9.42. The fourth-order valence-corrected chi connectivity index (χ4v) is 9.42. The van der Waals surface area contributed by atoms with Crippen molar-refractivity contribution in [2.45, 2.75) is 19.3 Å². The number of rotatable bonds is 2. The molecule has 0 aromatic heterocycles. The van der Waals surface area contributed by atoms with Gasteiger partial charge in [-0.15, -0.1) is 0 Å². The van der Waals surface area contributed by atoms with Gasteiger partial charge in [0.05, 0.1) is 0 Å². The molecule has 0 spiro atoms. The van der Waals surface area contributed by atoms with Gasteiger partial charge >= 0.3 is 0 Å². The molecule has 11 rings (SSSR count). The first kappa shape index (κ1) is 27.0. The molecule has 0 unspecified atom stereocenters. The van der Waals surface area contributed by atoms with Gasteiger partial charge in [-0.25, -0.2) is 0 Å². The van der Waals surface area contributed by atoms with Crippen LogP contribution in [0.1, 0.15) is 25.0 Å². The van der Waals surface area contributed by atoms with Crippen LogP contribution in [0.5, 0.6) is 0 Å². The third-order valence-electron chi connectivity index (χ3n) is 11.6. The number of hydrogen-bond donors (Lipinski definition) is 0. The third-order valence-corrected chi connectivity index (χ3v) is 11.6. The van der Waals surface area contributed by atoms with Crippen molar-refractivity contribution in [1.82, 2.24) is 0 Å². The summed E-state index contributed by atoms with van der Waals surface area (Å²) in [7, 11) is 0. The molecule has 0 amide bonds. The highest BCUT2D eigenvalue weighted by Crippen LogP contribution is 2.55. The molecule has 0 heterocycles. The molecule has 0 heteroatoms. The van der Waals surface area contributed by atoms with Crippen molar-refractivity contribution in [3.8, 4) is 33.4 Å². The highest BCUT2D eigenvalue weighted by Gasteiger charge is 2.37. The van der Waals surface area contributed by atoms with Gasteiger partial charge in [0.2, 0.25) is 0 Å². The minimum absolute atomic E-state index is 0.0992. The average Bonchev–Trinajstić information content (AvgIpc) is 3.38. The summed E-state index contributed by atoms with van der Waals surface area (Å²) in [6, 6.07) is 59.4. The van der Waals surface area contributed by atoms with Crippen molar-refractivity contribution in [2.24, 2.45) is 0 Å². The van der Waals surface area contributed by atoms with E-state index >= 15 is 0 Å². The van der Waals surface area contributed by atoms with Crippen molar-refractivity contribution in [3.63, 3.8) is 0 Å². The van der Waals surface area contributed by atoms with Gasteiger partial charge in [0.15, 0.2) is 0 Å². The number of benzene rings is 10. The van der Waals surface area contributed by atoms with E-state index in [2.05, 4.69) is 172 Å². The molecular weight excluding hydrogens is 589 g/mol. The zero-order valence-corrected chi connectivity index (χ0v) is 27.5. The molecule has 10 aromatic rings. The molecule has 0 saturated heterocycles. The minimum atomic E-state index is -0.0992. The normalized spacial score (nSPS) is 13.7. The lowest BCUT2D eigenvalue weighted by Crippen LogP contribution is -2.15. The van der Waals surface area contributed by atoms with Crippen molar-refractivity contribution >= 4 is 64.6 Å². The lowest BCUT2D eigenvalue weighted by atomic mass is 9.78. The molecule has 228 valence electrons. The SMILES string of the molecule is CC1(C)c2ccccc2-c2c1cc(-c1c3ccccc3c(-c3ccc4ccc5cccc6ccc3c4c56)c3ccccc13)c1ccccc21. The Bertz CT molecular complexity index is 2940. The van der Waals surface area contributed by atoms with Crippen molar-refractivity contribution in [1.29, 1.82) is 0 Å². The van der Waals surface area contributed by atoms with E-state index in [1.54, 1.807) is 0 Å². The molecule has 10 aromatic carbocycles. The van der Waals surface area contributed by atoms with Crippen LogP contribution in [0.15, 0.2) is 158 Å². The third kappa shape index (κ3) is 3.48. The van der Waals surface area contributed by atoms with E-state index in [0.29, 0.717) is 0 Å². The summed E-state index contributed by atoms with van der Waals surface area (Å²) >= 11 is 0. The highest BCUT2D eigenvalue weighted by atomic mass is 14.4. The summed E-state index contributed by atoms with van der Waals surface area (Å²) in [6.45, 7) is 4.78. The predicted octanol–water partition coefficient (Wildman–Crippen LogP) is 13.7. The Morgan fingerprint density at radius 3 is 1.45 bits per heavy atom. The maximum atomic E-state index is 2.53. The fraction of sp³-hybridized carbons (Fsp3) is 0.0612. The Hall–Kier alpha value is -5.98. The largest absolute Gasteiger partial charge is 0.0619 e. The molecule has 0 aliphatic heterocycles. The van der Waals surface area contributed by atoms with E-state index in [9.17, 15) is 0 Å². The van der Waals surface area contributed by atoms with Crippen LogP contribution in [0.4, 0.5) is 0 Å². The van der Waals surface area contributed by atoms with Crippen LogP contribution in [0.2, 0.25) is 0 Å². The van der Waals surface area contributed by atoms with E-state index in [1.807, 2.05) is 0 Å². The summed E-state index contributed by atoms with van der Waals surface area (Å²) in [6.07, 6.45) is 0. The van der Waals surface area contributed by atoms with Gasteiger partial charge in [-0.2, -0.15) is 0 Å². The molecule has 1 aliphatic rings. The van der Waals surface area contributed by atoms with Gasteiger partial charge in [0.25, 0.3) is 0 Å². The van der Waals surface area contributed by atoms with E-state index < -0.39 is 0 Å². The van der Waals surface area contributed by atoms with Crippen LogP contribution in [0.3, 0.4) is 0 Å². The summed E-state index contributed by atoms with van der Waals surface area (Å²) in [5.74, 6) is 0. The van der Waals surface area contributed by atoms with E-state index in [1.165, 1.54) is 109 Å². The monoisotopic (exact) mass is 620 g/mol. The van der Waals surface area contributed by atoms with Crippen LogP contribution in [-0.4, -0.2) is 0 Å². The Morgan fingerprint density at radius 2 is 0.796 bits per heavy atom. The van der Waals surface area contributed by atoms with Crippen molar-refractivity contribution in [3.05, 3.63) is 169 Å². The second-order valence-electron chi connectivity index (χ2n) is 14.4. The lowest BCUT2D eigenvalue weighted by Gasteiger charge is -2.24. The standard InChI is InChI=1S/C49H32/c1-49(2)42-21-10-9-20-40(42)48-33-15-4-3-14-32(33)41(28-43(48)49)47-36-18-7-5-16-34(36)46(35-17-6-8-19-37(35)47)39-27-25-31-23-22-29-12-11-13-30-24-26-38(39)45(31)44(29)30/h3-28H,1-2H3. The van der Waals surface area contributed by atoms with Gasteiger partial charge in [0.1, 0.15) is 0 Å². The first-order chi connectivity index (χ1) is 24.1. The average molecular weight is 621 g/mol. The molecule has 49 heavy (non-hydrogen) atoms. The molecule has 1 aliphatic carbocycles. The number of hydrogen-bond acceptors (Lipinski definition) is 0. The second-order valence-corrected chi connectivity index (χ2v) is 14.4. The molecule has 0 atom stereocenters. The Kier molecular flexibility index (Phi) is 5.27. The Labute approximate surface area is 285 Å². The summed E-state index contributed by atoms with van der Waals surface area (Å²) in [5, 5.41) is 15.7. The quantitative estimate of drug-likeness (QED) is 0.133. The summed E-state index contributed by atoms with van der Waals surface area (Å²) in [4.78, 5) is 0. The van der Waals surface area contributed by atoms with Crippen molar-refractivity contribution in [2.75, 3.05) is 0 Å². The van der Waals surface area contributed by atoms with E-state index in [-0.39, 0.29) is 5.41 Å². The van der Waals surface area contributed by atoms with Gasteiger partial charge < -0.3 is 0 Å². The minimum Gasteiger partial charge on any atom is -0.0619 e. The molecule has 0 fully saturated rings. The van der Waals surface area contributed by atoms with Gasteiger partial charge in [-0.1, -0.05) is 166 Å². The summed E-state index contributed by atoms with van der Waals surface area (Å²) in [5.41, 5.74) is 10.7. The topological polar surface area (TPSA) is 0 Å². The summed E-state index contributed by atoms with van der Waals surface area (Å²) < 4.78 is 0. The first-order valence-corrected chi connectivity index (χ1v) is 17.4. The first-order valence-electron chi connectivity index (χ1n) is 17.4. The zero-order chi connectivity index (χ0) is 32.4. The lowest BCUT2D eigenvalue weighted by molar-refractivity contribution is 0.661.